The largest absolute Gasteiger partial charge is 0.388 e. The van der Waals surface area contributed by atoms with Crippen LogP contribution < -0.4 is 0 Å². The summed E-state index contributed by atoms with van der Waals surface area (Å²) in [5.74, 6) is 0.933. The lowest BCUT2D eigenvalue weighted by atomic mass is 10.2. The van der Waals surface area contributed by atoms with Crippen LogP contribution in [0, 0.1) is 0 Å². The van der Waals surface area contributed by atoms with Gasteiger partial charge >= 0.3 is 5.97 Å². The highest BCUT2D eigenvalue weighted by Crippen LogP contribution is 2.16. The van der Waals surface area contributed by atoms with Crippen molar-refractivity contribution in [3.8, 4) is 0 Å². The molecule has 0 amide bonds. The van der Waals surface area contributed by atoms with Gasteiger partial charge in [-0.1, -0.05) is 23.3 Å². The molecule has 20 heavy (non-hydrogen) atoms. The van der Waals surface area contributed by atoms with Gasteiger partial charge in [0.1, 0.15) is 6.54 Å². The van der Waals surface area contributed by atoms with Gasteiger partial charge in [-0.15, -0.1) is 0 Å². The Morgan fingerprint density at radius 1 is 1.05 bits per heavy atom. The van der Waals surface area contributed by atoms with Gasteiger partial charge in [0.15, 0.2) is 0 Å². The first-order chi connectivity index (χ1) is 9.84. The van der Waals surface area contributed by atoms with Crippen LogP contribution in [-0.4, -0.2) is 41.1 Å². The summed E-state index contributed by atoms with van der Waals surface area (Å²) in [5, 5.41) is 1.82. The van der Waals surface area contributed by atoms with Crippen molar-refractivity contribution in [1.82, 2.24) is 5.06 Å². The number of carbonyl (C=O) groups excluding carboxylic acids is 1. The van der Waals surface area contributed by atoms with Crippen molar-refractivity contribution in [1.29, 1.82) is 0 Å². The highest BCUT2D eigenvalue weighted by Gasteiger charge is 2.32. The Labute approximate surface area is 119 Å². The first-order valence-corrected chi connectivity index (χ1v) is 7.50. The molecule has 0 unspecified atom stereocenters. The molecule has 0 bridgehead atoms. The second-order valence-electron chi connectivity index (χ2n) is 5.41. The lowest BCUT2D eigenvalue weighted by Gasteiger charge is -2.23. The molecule has 2 aliphatic heterocycles. The number of amidine groups is 1. The summed E-state index contributed by atoms with van der Waals surface area (Å²) >= 11 is 0. The number of hydrogen-bond donors (Lipinski definition) is 0. The standard InChI is InChI=1S/C16H21N2O2/c19-16(14-8-3-1-4-9-14)20-18-13-7-12-17-11-6-2-5-10-15(17)18/h1,3-4,8-9H,2,5-7,10-13H2/q+1. The second-order valence-corrected chi connectivity index (χ2v) is 5.41. The summed E-state index contributed by atoms with van der Waals surface area (Å²) in [4.78, 5) is 17.8. The summed E-state index contributed by atoms with van der Waals surface area (Å²) in [5.41, 5.74) is 0.610. The van der Waals surface area contributed by atoms with Gasteiger partial charge in [-0.25, -0.2) is 4.79 Å². The van der Waals surface area contributed by atoms with E-state index in [9.17, 15) is 4.79 Å². The summed E-state index contributed by atoms with van der Waals surface area (Å²) in [6, 6.07) is 9.21. The Morgan fingerprint density at radius 3 is 2.70 bits per heavy atom. The number of hydrogen-bond acceptors (Lipinski definition) is 3. The molecule has 0 spiro atoms. The minimum Gasteiger partial charge on any atom is -0.263 e. The summed E-state index contributed by atoms with van der Waals surface area (Å²) in [6.45, 7) is 2.99. The predicted molar refractivity (Wildman–Crippen MR) is 76.6 cm³/mol. The summed E-state index contributed by atoms with van der Waals surface area (Å²) in [7, 11) is 0. The van der Waals surface area contributed by atoms with E-state index in [-0.39, 0.29) is 5.97 Å². The predicted octanol–water partition coefficient (Wildman–Crippen LogP) is 2.45. The fraction of sp³-hybridized carbons (Fsp3) is 0.500. The molecule has 1 aromatic carbocycles. The third kappa shape index (κ3) is 2.84. The zero-order valence-electron chi connectivity index (χ0n) is 11.8. The molecular weight excluding hydrogens is 252 g/mol. The van der Waals surface area contributed by atoms with E-state index in [0.717, 1.165) is 32.5 Å². The molecule has 0 aromatic heterocycles. The quantitative estimate of drug-likeness (QED) is 0.776. The van der Waals surface area contributed by atoms with Crippen LogP contribution in [0.15, 0.2) is 30.3 Å². The zero-order chi connectivity index (χ0) is 13.8. The lowest BCUT2D eigenvalue weighted by molar-refractivity contribution is -0.543. The van der Waals surface area contributed by atoms with Crippen molar-refractivity contribution in [2.24, 2.45) is 0 Å². The van der Waals surface area contributed by atoms with E-state index in [4.69, 9.17) is 4.84 Å². The lowest BCUT2D eigenvalue weighted by Crippen LogP contribution is -2.44. The molecule has 2 aliphatic rings. The third-order valence-corrected chi connectivity index (χ3v) is 3.97. The highest BCUT2D eigenvalue weighted by molar-refractivity contribution is 5.90. The minimum absolute atomic E-state index is 0.260. The molecule has 1 aromatic rings. The van der Waals surface area contributed by atoms with Gasteiger partial charge in [0, 0.05) is 6.42 Å². The monoisotopic (exact) mass is 273 g/mol. The van der Waals surface area contributed by atoms with Crippen LogP contribution in [0.5, 0.6) is 0 Å². The molecular formula is C16H21N2O2+. The fourth-order valence-corrected chi connectivity index (χ4v) is 2.93. The van der Waals surface area contributed by atoms with Crippen molar-refractivity contribution in [2.75, 3.05) is 19.6 Å². The van der Waals surface area contributed by atoms with Gasteiger partial charge in [-0.2, -0.15) is 0 Å². The van der Waals surface area contributed by atoms with Crippen molar-refractivity contribution in [3.05, 3.63) is 35.9 Å². The molecule has 106 valence electrons. The molecule has 0 aliphatic carbocycles. The van der Waals surface area contributed by atoms with E-state index in [1.165, 1.54) is 25.1 Å². The average molecular weight is 273 g/mol. The molecule has 0 saturated carbocycles. The molecule has 0 atom stereocenters. The topological polar surface area (TPSA) is 32.5 Å². The number of hydroxylamine groups is 2. The van der Waals surface area contributed by atoms with Gasteiger partial charge in [-0.05, 0) is 31.4 Å². The van der Waals surface area contributed by atoms with Crippen LogP contribution >= 0.6 is 0 Å². The molecule has 0 radical (unpaired) electrons. The van der Waals surface area contributed by atoms with E-state index in [1.54, 1.807) is 12.1 Å². The van der Waals surface area contributed by atoms with Crippen LogP contribution in [0.2, 0.25) is 0 Å². The Kier molecular flexibility index (Phi) is 4.00. The number of rotatable bonds is 2. The van der Waals surface area contributed by atoms with E-state index < -0.39 is 0 Å². The van der Waals surface area contributed by atoms with Crippen molar-refractivity contribution in [3.63, 3.8) is 0 Å². The van der Waals surface area contributed by atoms with E-state index in [0.29, 0.717) is 5.56 Å². The maximum atomic E-state index is 12.2. The van der Waals surface area contributed by atoms with Crippen LogP contribution in [-0.2, 0) is 4.84 Å². The zero-order valence-corrected chi connectivity index (χ0v) is 11.8. The smallest absolute Gasteiger partial charge is 0.263 e. The summed E-state index contributed by atoms with van der Waals surface area (Å²) in [6.07, 6.45) is 5.75. The highest BCUT2D eigenvalue weighted by atomic mass is 16.7. The third-order valence-electron chi connectivity index (χ3n) is 3.97. The van der Waals surface area contributed by atoms with Crippen LogP contribution in [0.25, 0.3) is 0 Å². The van der Waals surface area contributed by atoms with Gasteiger partial charge in [-0.3, -0.25) is 9.41 Å². The van der Waals surface area contributed by atoms with Gasteiger partial charge < -0.3 is 0 Å². The molecule has 4 heteroatoms. The molecule has 0 N–H and O–H groups in total. The van der Waals surface area contributed by atoms with E-state index in [1.807, 2.05) is 23.3 Å². The fourth-order valence-electron chi connectivity index (χ4n) is 2.93. The van der Waals surface area contributed by atoms with E-state index in [2.05, 4.69) is 4.58 Å². The Bertz CT molecular complexity index is 510. The average Bonchev–Trinajstić information content (AvgIpc) is 2.74. The van der Waals surface area contributed by atoms with Gasteiger partial charge in [0.25, 0.3) is 5.84 Å². The number of nitrogens with zero attached hydrogens (tertiary/aromatic N) is 2. The number of benzene rings is 1. The first-order valence-electron chi connectivity index (χ1n) is 7.50. The SMILES string of the molecule is O=C(ON1CCC[N+]2=C1CCCCC2)c1ccccc1. The Balaban J connectivity index is 1.74. The molecule has 0 saturated heterocycles. The van der Waals surface area contributed by atoms with Gasteiger partial charge in [0.05, 0.1) is 25.1 Å². The maximum absolute atomic E-state index is 12.2. The van der Waals surface area contributed by atoms with Crippen molar-refractivity contribution < 1.29 is 14.2 Å². The molecule has 0 fully saturated rings. The van der Waals surface area contributed by atoms with Crippen LogP contribution in [0.4, 0.5) is 0 Å². The maximum Gasteiger partial charge on any atom is 0.388 e. The second kappa shape index (κ2) is 6.07. The normalized spacial score (nSPS) is 19.3. The van der Waals surface area contributed by atoms with Crippen LogP contribution in [0.1, 0.15) is 42.5 Å². The Morgan fingerprint density at radius 2 is 1.85 bits per heavy atom. The minimum atomic E-state index is -0.260. The van der Waals surface area contributed by atoms with E-state index >= 15 is 0 Å². The first kappa shape index (κ1) is 13.2. The Hall–Kier alpha value is -1.84. The molecule has 4 nitrogen and oxygen atoms in total. The summed E-state index contributed by atoms with van der Waals surface area (Å²) < 4.78 is 2.38. The van der Waals surface area contributed by atoms with Crippen LogP contribution in [0.3, 0.4) is 0 Å². The van der Waals surface area contributed by atoms with Gasteiger partial charge in [0.2, 0.25) is 0 Å². The molecule has 3 rings (SSSR count). The van der Waals surface area contributed by atoms with Crippen molar-refractivity contribution >= 4 is 11.8 Å². The molecule has 2 heterocycles. The van der Waals surface area contributed by atoms with Crippen molar-refractivity contribution in [2.45, 2.75) is 32.1 Å². The number of carbonyl (C=O) groups is 1.